The number of rotatable bonds is 6. The Kier molecular flexibility index (Phi) is 7.42. The zero-order valence-electron chi connectivity index (χ0n) is 25.3. The summed E-state index contributed by atoms with van der Waals surface area (Å²) in [6, 6.07) is 0. The second-order valence-electron chi connectivity index (χ2n) is 13.9. The van der Waals surface area contributed by atoms with Crippen molar-refractivity contribution < 1.29 is 43.7 Å². The average molecular weight is 571 g/mol. The first-order valence-corrected chi connectivity index (χ1v) is 14.4. The van der Waals surface area contributed by atoms with Gasteiger partial charge in [-0.3, -0.25) is 28.8 Å². The highest BCUT2D eigenvalue weighted by atomic mass is 16.5. The molecule has 0 spiro atoms. The van der Waals surface area contributed by atoms with Gasteiger partial charge in [-0.2, -0.15) is 0 Å². The van der Waals surface area contributed by atoms with Crippen molar-refractivity contribution in [2.45, 2.75) is 99.7 Å². The monoisotopic (exact) mass is 570 g/mol. The summed E-state index contributed by atoms with van der Waals surface area (Å²) in [7, 11) is 0. The molecule has 9 nitrogen and oxygen atoms in total. The first kappa shape index (κ1) is 31.0. The van der Waals surface area contributed by atoms with E-state index in [0.29, 0.717) is 23.1 Å². The number of carboxylic acids is 1. The summed E-state index contributed by atoms with van der Waals surface area (Å²) in [5, 5.41) is 20.9. The zero-order chi connectivity index (χ0) is 31.0. The molecule has 41 heavy (non-hydrogen) atoms. The molecule has 0 bridgehead atoms. The van der Waals surface area contributed by atoms with Crippen molar-refractivity contribution in [1.82, 2.24) is 0 Å². The number of aliphatic carboxylic acids is 1. The van der Waals surface area contributed by atoms with Gasteiger partial charge in [-0.25, -0.2) is 0 Å². The largest absolute Gasteiger partial charge is 0.481 e. The lowest BCUT2D eigenvalue weighted by molar-refractivity contribution is -0.174. The van der Waals surface area contributed by atoms with Crippen molar-refractivity contribution >= 4 is 35.1 Å². The predicted molar refractivity (Wildman–Crippen MR) is 147 cm³/mol. The molecule has 2 fully saturated rings. The number of aliphatic hydroxyl groups excluding tert-OH is 1. The number of Topliss-reactive ketones (excluding diaryl/α,β-unsaturated/α-hetero) is 3. The highest BCUT2D eigenvalue weighted by Gasteiger charge is 2.74. The van der Waals surface area contributed by atoms with Crippen molar-refractivity contribution in [1.29, 1.82) is 0 Å². The van der Waals surface area contributed by atoms with Crippen LogP contribution in [0.2, 0.25) is 0 Å². The summed E-state index contributed by atoms with van der Waals surface area (Å²) in [6.45, 7) is 13.3. The molecule has 224 valence electrons. The van der Waals surface area contributed by atoms with Gasteiger partial charge in [0.05, 0.1) is 17.4 Å². The van der Waals surface area contributed by atoms with Gasteiger partial charge >= 0.3 is 11.9 Å². The van der Waals surface area contributed by atoms with Gasteiger partial charge in [-0.05, 0) is 50.2 Å². The lowest BCUT2D eigenvalue weighted by Gasteiger charge is -2.61. The third kappa shape index (κ3) is 4.21. The summed E-state index contributed by atoms with van der Waals surface area (Å²) in [5.41, 5.74) is -3.21. The fourth-order valence-corrected chi connectivity index (χ4v) is 8.84. The molecule has 4 aliphatic rings. The number of aliphatic hydroxyl groups is 1. The number of esters is 1. The van der Waals surface area contributed by atoms with E-state index in [2.05, 4.69) is 0 Å². The van der Waals surface area contributed by atoms with E-state index in [1.165, 1.54) is 19.9 Å². The molecule has 4 aliphatic carbocycles. The smallest absolute Gasteiger partial charge is 0.306 e. The second-order valence-corrected chi connectivity index (χ2v) is 13.9. The van der Waals surface area contributed by atoms with Crippen molar-refractivity contribution in [2.75, 3.05) is 0 Å². The van der Waals surface area contributed by atoms with Crippen LogP contribution in [0.4, 0.5) is 0 Å². The van der Waals surface area contributed by atoms with Gasteiger partial charge in [-0.1, -0.05) is 40.2 Å². The Labute approximate surface area is 240 Å². The Morgan fingerprint density at radius 2 is 1.66 bits per heavy atom. The van der Waals surface area contributed by atoms with Crippen LogP contribution in [0.5, 0.6) is 0 Å². The molecule has 0 aromatic heterocycles. The van der Waals surface area contributed by atoms with Crippen LogP contribution in [0.3, 0.4) is 0 Å². The molecule has 0 heterocycles. The van der Waals surface area contributed by atoms with Gasteiger partial charge < -0.3 is 14.9 Å². The molecular weight excluding hydrogens is 528 g/mol. The van der Waals surface area contributed by atoms with Crippen LogP contribution >= 0.6 is 0 Å². The Morgan fingerprint density at radius 3 is 2.22 bits per heavy atom. The van der Waals surface area contributed by atoms with Gasteiger partial charge in [0.25, 0.3) is 0 Å². The summed E-state index contributed by atoms with van der Waals surface area (Å²) in [5.74, 6) is -4.79. The zero-order valence-corrected chi connectivity index (χ0v) is 25.3. The van der Waals surface area contributed by atoms with E-state index in [1.807, 2.05) is 20.8 Å². The molecule has 1 unspecified atom stereocenters. The molecule has 4 rings (SSSR count). The van der Waals surface area contributed by atoms with Crippen molar-refractivity contribution in [3.8, 4) is 0 Å². The summed E-state index contributed by atoms with van der Waals surface area (Å²) in [6.07, 6.45) is -0.622. The number of ketones is 4. The first-order chi connectivity index (χ1) is 18.8. The van der Waals surface area contributed by atoms with Gasteiger partial charge in [0.15, 0.2) is 11.9 Å². The number of hydrogen-bond donors (Lipinski definition) is 2. The van der Waals surface area contributed by atoms with Crippen LogP contribution in [0.1, 0.15) is 87.5 Å². The molecule has 9 heteroatoms. The molecule has 0 aromatic carbocycles. The van der Waals surface area contributed by atoms with Crippen molar-refractivity contribution in [3.63, 3.8) is 0 Å². The van der Waals surface area contributed by atoms with E-state index in [4.69, 9.17) is 4.74 Å². The predicted octanol–water partition coefficient (Wildman–Crippen LogP) is 3.80. The topological polar surface area (TPSA) is 152 Å². The number of hydrogen-bond acceptors (Lipinski definition) is 8. The minimum absolute atomic E-state index is 0.0459. The van der Waals surface area contributed by atoms with E-state index in [9.17, 15) is 39.0 Å². The van der Waals surface area contributed by atoms with E-state index >= 15 is 0 Å². The van der Waals surface area contributed by atoms with Crippen LogP contribution in [-0.2, 0) is 33.5 Å². The molecular formula is C32H42O9. The summed E-state index contributed by atoms with van der Waals surface area (Å²) >= 11 is 0. The first-order valence-electron chi connectivity index (χ1n) is 14.4. The number of carboxylic acid groups (broad SMARTS) is 1. The van der Waals surface area contributed by atoms with Gasteiger partial charge in [0.1, 0.15) is 11.6 Å². The van der Waals surface area contributed by atoms with Gasteiger partial charge in [0, 0.05) is 48.0 Å². The third-order valence-corrected chi connectivity index (χ3v) is 11.3. The average Bonchev–Trinajstić information content (AvgIpc) is 3.07. The van der Waals surface area contributed by atoms with Crippen LogP contribution in [0.15, 0.2) is 22.8 Å². The molecule has 0 aromatic rings. The molecule has 0 radical (unpaired) electrons. The number of carbonyl (C=O) groups excluding carboxylic acids is 5. The summed E-state index contributed by atoms with van der Waals surface area (Å²) < 4.78 is 5.78. The van der Waals surface area contributed by atoms with Crippen molar-refractivity contribution in [2.24, 2.45) is 39.4 Å². The van der Waals surface area contributed by atoms with E-state index in [-0.39, 0.29) is 43.2 Å². The van der Waals surface area contributed by atoms with Crippen LogP contribution in [-0.4, -0.2) is 57.5 Å². The van der Waals surface area contributed by atoms with Crippen LogP contribution < -0.4 is 0 Å². The van der Waals surface area contributed by atoms with Crippen molar-refractivity contribution in [3.05, 3.63) is 22.8 Å². The standard InChI is InChI=1S/C32H42O9/c1-15(11-18(34)12-16(2)28(39)40)19-13-23(37)32(8)24-20(35)14-21-29(4,5)22(36)9-10-30(21,6)25(24)26(38)27(31(19,32)7)41-17(3)33/h11,16,19-21,27,35H,9-10,12-14H2,1-8H3,(H,39,40)/b15-11-/t16?,19-,20+,21+,27-,30+,31+,32+/m1/s1. The molecule has 0 saturated heterocycles. The lowest BCUT2D eigenvalue weighted by Crippen LogP contribution is -2.65. The van der Waals surface area contributed by atoms with Crippen LogP contribution in [0.25, 0.3) is 0 Å². The highest BCUT2D eigenvalue weighted by Crippen LogP contribution is 2.70. The maximum Gasteiger partial charge on any atom is 0.306 e. The Hall–Kier alpha value is -2.94. The lowest BCUT2D eigenvalue weighted by atomic mass is 9.42. The normalized spacial score (nSPS) is 39.0. The molecule has 0 amide bonds. The number of carbonyl (C=O) groups is 6. The number of ether oxygens (including phenoxy) is 1. The second kappa shape index (κ2) is 9.82. The van der Waals surface area contributed by atoms with E-state index < -0.39 is 69.2 Å². The quantitative estimate of drug-likeness (QED) is 0.359. The highest BCUT2D eigenvalue weighted by molar-refractivity contribution is 6.09. The van der Waals surface area contributed by atoms with E-state index in [1.54, 1.807) is 20.8 Å². The Bertz CT molecular complexity index is 1320. The summed E-state index contributed by atoms with van der Waals surface area (Å²) in [4.78, 5) is 78.2. The number of fused-ring (bicyclic) bond motifs is 4. The minimum Gasteiger partial charge on any atom is -0.481 e. The van der Waals surface area contributed by atoms with Gasteiger partial charge in [0.2, 0.25) is 5.78 Å². The fraction of sp³-hybridized carbons (Fsp3) is 0.688. The molecule has 8 atom stereocenters. The van der Waals surface area contributed by atoms with E-state index in [0.717, 1.165) is 0 Å². The Morgan fingerprint density at radius 1 is 1.05 bits per heavy atom. The molecule has 2 N–H and O–H groups in total. The third-order valence-electron chi connectivity index (χ3n) is 11.3. The minimum atomic E-state index is -1.40. The van der Waals surface area contributed by atoms with Gasteiger partial charge in [-0.15, -0.1) is 0 Å². The molecule has 2 saturated carbocycles. The maximum absolute atomic E-state index is 14.6. The Balaban J connectivity index is 1.94. The number of allylic oxidation sites excluding steroid dienone is 2. The van der Waals surface area contributed by atoms with Crippen LogP contribution in [0, 0.1) is 39.4 Å². The maximum atomic E-state index is 14.6. The SMILES string of the molecule is CC(=O)O[C@@H]1C(=O)C2=C([C@@H](O)C[C@H]3C(C)(C)C(=O)CC[C@]23C)[C@]2(C)C(=O)C[C@H](/C(C)=C\C(=O)CC(C)C(=O)O)[C@@]12C. The fourth-order valence-electron chi connectivity index (χ4n) is 8.84. The molecule has 0 aliphatic heterocycles.